The Morgan fingerprint density at radius 1 is 0.286 bits per heavy atom. The average molecular weight is 705 g/mol. The molecule has 1 aromatic rings. The molecule has 0 saturated carbocycles. The molecule has 0 spiro atoms. The average Bonchev–Trinajstić information content (AvgIpc) is 3.12. The molecule has 0 amide bonds. The van der Waals surface area contributed by atoms with Gasteiger partial charge in [0, 0.05) is 6.61 Å². The van der Waals surface area contributed by atoms with Gasteiger partial charge in [0.15, 0.2) is 0 Å². The lowest BCUT2D eigenvalue weighted by Gasteiger charge is -2.09. The molecule has 0 bridgehead atoms. The molecule has 12 heteroatoms. The van der Waals surface area contributed by atoms with E-state index in [1.54, 1.807) is 0 Å². The third-order valence-corrected chi connectivity index (χ3v) is 6.85. The fraction of sp³-hybridized carbons (Fsp3) is 0.838. The van der Waals surface area contributed by atoms with Crippen molar-refractivity contribution >= 4 is 0 Å². The molecule has 0 aromatic heterocycles. The van der Waals surface area contributed by atoms with E-state index in [1.165, 1.54) is 32.1 Å². The van der Waals surface area contributed by atoms with Crippen LogP contribution in [0, 0.1) is 0 Å². The quantitative estimate of drug-likeness (QED) is 0.0877. The first kappa shape index (κ1) is 45.8. The van der Waals surface area contributed by atoms with Gasteiger partial charge in [-0.25, -0.2) is 0 Å². The molecule has 0 N–H and O–H groups in total. The summed E-state index contributed by atoms with van der Waals surface area (Å²) in [5.74, 6) is 0. The van der Waals surface area contributed by atoms with Crippen molar-refractivity contribution in [2.24, 2.45) is 0 Å². The Morgan fingerprint density at radius 2 is 0.551 bits per heavy atom. The van der Waals surface area contributed by atoms with Gasteiger partial charge in [0.2, 0.25) is 0 Å². The first-order valence-electron chi connectivity index (χ1n) is 18.4. The number of hydrogen-bond acceptors (Lipinski definition) is 12. The van der Waals surface area contributed by atoms with Crippen molar-refractivity contribution in [3.05, 3.63) is 35.9 Å². The van der Waals surface area contributed by atoms with E-state index in [0.29, 0.717) is 152 Å². The molecule has 1 aromatic carbocycles. The smallest absolute Gasteiger partial charge is 0.0718 e. The van der Waals surface area contributed by atoms with Gasteiger partial charge in [-0.3, -0.25) is 0 Å². The molecule has 0 saturated heterocycles. The van der Waals surface area contributed by atoms with Crippen molar-refractivity contribution in [3.8, 4) is 0 Å². The van der Waals surface area contributed by atoms with Gasteiger partial charge in [-0.2, -0.15) is 0 Å². The highest BCUT2D eigenvalue weighted by Crippen LogP contribution is 2.05. The third kappa shape index (κ3) is 37.8. The maximum atomic E-state index is 5.59. The molecule has 0 aliphatic rings. The van der Waals surface area contributed by atoms with Crippen LogP contribution in [-0.2, 0) is 63.4 Å². The van der Waals surface area contributed by atoms with E-state index in [2.05, 4.69) is 6.92 Å². The van der Waals surface area contributed by atoms with Crippen molar-refractivity contribution in [1.29, 1.82) is 0 Å². The molecule has 0 aliphatic heterocycles. The van der Waals surface area contributed by atoms with Gasteiger partial charge in [-0.15, -0.1) is 0 Å². The lowest BCUT2D eigenvalue weighted by atomic mass is 10.1. The van der Waals surface area contributed by atoms with Gasteiger partial charge < -0.3 is 56.8 Å². The normalized spacial score (nSPS) is 11.5. The highest BCUT2D eigenvalue weighted by Gasteiger charge is 1.97. The summed E-state index contributed by atoms with van der Waals surface area (Å²) in [5.41, 5.74) is 1.16. The molecule has 0 fully saturated rings. The van der Waals surface area contributed by atoms with Crippen LogP contribution in [0.15, 0.2) is 30.3 Å². The number of benzene rings is 1. The molecule has 0 heterocycles. The molecule has 0 atom stereocenters. The van der Waals surface area contributed by atoms with Crippen molar-refractivity contribution < 1.29 is 56.8 Å². The molecule has 288 valence electrons. The van der Waals surface area contributed by atoms with Crippen LogP contribution < -0.4 is 0 Å². The van der Waals surface area contributed by atoms with Crippen LogP contribution in [0.5, 0.6) is 0 Å². The second kappa shape index (κ2) is 41.2. The van der Waals surface area contributed by atoms with Gasteiger partial charge in [-0.05, 0) is 12.0 Å². The first-order chi connectivity index (χ1) is 24.4. The first-order valence-corrected chi connectivity index (χ1v) is 18.4. The second-order valence-electron chi connectivity index (χ2n) is 11.0. The van der Waals surface area contributed by atoms with Gasteiger partial charge in [0.1, 0.15) is 0 Å². The van der Waals surface area contributed by atoms with Crippen molar-refractivity contribution in [3.63, 3.8) is 0 Å². The Kier molecular flexibility index (Phi) is 38.4. The highest BCUT2D eigenvalue weighted by atomic mass is 16.6. The summed E-state index contributed by atoms with van der Waals surface area (Å²) in [6.07, 6.45) is 7.68. The number of ether oxygens (including phenoxy) is 12. The Labute approximate surface area is 296 Å². The van der Waals surface area contributed by atoms with Gasteiger partial charge in [-0.1, -0.05) is 69.4 Å². The number of unbranched alkanes of at least 4 members (excludes halogenated alkanes) is 5. The summed E-state index contributed by atoms with van der Waals surface area (Å²) in [6.45, 7) is 15.6. The Hall–Kier alpha value is -1.26. The zero-order valence-corrected chi connectivity index (χ0v) is 30.5. The molecular weight excluding hydrogens is 636 g/mol. The summed E-state index contributed by atoms with van der Waals surface area (Å²) in [4.78, 5) is 0. The summed E-state index contributed by atoms with van der Waals surface area (Å²) in [6, 6.07) is 10.1. The lowest BCUT2D eigenvalue weighted by molar-refractivity contribution is -0.0285. The zero-order chi connectivity index (χ0) is 34.8. The van der Waals surface area contributed by atoms with Crippen molar-refractivity contribution in [2.45, 2.75) is 52.1 Å². The molecule has 0 unspecified atom stereocenters. The Morgan fingerprint density at radius 3 is 0.878 bits per heavy atom. The third-order valence-electron chi connectivity index (χ3n) is 6.85. The van der Waals surface area contributed by atoms with E-state index in [9.17, 15) is 0 Å². The number of rotatable bonds is 42. The molecule has 49 heavy (non-hydrogen) atoms. The van der Waals surface area contributed by atoms with Crippen LogP contribution in [-0.4, -0.2) is 152 Å². The highest BCUT2D eigenvalue weighted by molar-refractivity contribution is 5.13. The minimum absolute atomic E-state index is 0.517. The summed E-state index contributed by atoms with van der Waals surface area (Å²) in [7, 11) is 0. The summed E-state index contributed by atoms with van der Waals surface area (Å²) in [5, 5.41) is 0. The van der Waals surface area contributed by atoms with Gasteiger partial charge in [0.25, 0.3) is 0 Å². The second-order valence-corrected chi connectivity index (χ2v) is 11.0. The SMILES string of the molecule is CCCCCCCCOCCOCCOCCOCCOCCOCCOCCOCCOCCOCCOCCOCc1ccccc1. The predicted octanol–water partition coefficient (Wildman–Crippen LogP) is 4.75. The minimum atomic E-state index is 0.517. The van der Waals surface area contributed by atoms with Gasteiger partial charge >= 0.3 is 0 Å². The molecule has 0 radical (unpaired) electrons. The summed E-state index contributed by atoms with van der Waals surface area (Å²) < 4.78 is 66.2. The van der Waals surface area contributed by atoms with E-state index < -0.39 is 0 Å². The van der Waals surface area contributed by atoms with Crippen molar-refractivity contribution in [2.75, 3.05) is 152 Å². The fourth-order valence-corrected chi connectivity index (χ4v) is 4.17. The maximum Gasteiger partial charge on any atom is 0.0718 e. The molecule has 1 rings (SSSR count). The standard InChI is InChI=1S/C37H68O12/c1-2-3-4-5-6-10-13-38-14-15-39-16-17-40-18-19-41-20-21-42-22-23-43-24-25-44-26-27-45-28-29-46-30-31-47-32-33-48-34-35-49-36-37-11-8-7-9-12-37/h7-9,11-12H,2-6,10,13-36H2,1H3. The van der Waals surface area contributed by atoms with Crippen LogP contribution in [0.25, 0.3) is 0 Å². The molecule has 12 nitrogen and oxygen atoms in total. The van der Waals surface area contributed by atoms with Crippen LogP contribution in [0.2, 0.25) is 0 Å². The predicted molar refractivity (Wildman–Crippen MR) is 188 cm³/mol. The molecular formula is C37H68O12. The Bertz CT molecular complexity index is 731. The van der Waals surface area contributed by atoms with E-state index in [4.69, 9.17) is 56.8 Å². The largest absolute Gasteiger partial charge is 0.379 e. The maximum absolute atomic E-state index is 5.59. The topological polar surface area (TPSA) is 111 Å². The van der Waals surface area contributed by atoms with Crippen molar-refractivity contribution in [1.82, 2.24) is 0 Å². The zero-order valence-electron chi connectivity index (χ0n) is 30.5. The van der Waals surface area contributed by atoms with Gasteiger partial charge in [0.05, 0.1) is 152 Å². The Balaban J connectivity index is 1.60. The van der Waals surface area contributed by atoms with Crippen LogP contribution in [0.1, 0.15) is 51.0 Å². The van der Waals surface area contributed by atoms with E-state index in [0.717, 1.165) is 18.6 Å². The minimum Gasteiger partial charge on any atom is -0.379 e. The van der Waals surface area contributed by atoms with Crippen LogP contribution in [0.4, 0.5) is 0 Å². The van der Waals surface area contributed by atoms with Crippen LogP contribution >= 0.6 is 0 Å². The molecule has 0 aliphatic carbocycles. The summed E-state index contributed by atoms with van der Waals surface area (Å²) >= 11 is 0. The monoisotopic (exact) mass is 704 g/mol. The van der Waals surface area contributed by atoms with E-state index in [-0.39, 0.29) is 0 Å². The van der Waals surface area contributed by atoms with Crippen LogP contribution in [0.3, 0.4) is 0 Å². The lowest BCUT2D eigenvalue weighted by Crippen LogP contribution is -2.15. The number of hydrogen-bond donors (Lipinski definition) is 0. The fourth-order valence-electron chi connectivity index (χ4n) is 4.17. The van der Waals surface area contributed by atoms with E-state index >= 15 is 0 Å². The van der Waals surface area contributed by atoms with E-state index in [1.807, 2.05) is 30.3 Å².